The summed E-state index contributed by atoms with van der Waals surface area (Å²) >= 11 is 11.3. The topological polar surface area (TPSA) is 130 Å². The smallest absolute Gasteiger partial charge is 0.332 e. The van der Waals surface area contributed by atoms with Crippen LogP contribution in [-0.2, 0) is 4.79 Å². The average Bonchev–Trinajstić information content (AvgIpc) is 2.40. The molecule has 1 unspecified atom stereocenters. The van der Waals surface area contributed by atoms with Gasteiger partial charge in [-0.1, -0.05) is 23.2 Å². The molecule has 114 valence electrons. The van der Waals surface area contributed by atoms with Crippen molar-refractivity contribution in [2.75, 3.05) is 6.54 Å². The second kappa shape index (κ2) is 7.21. The Morgan fingerprint density at radius 3 is 2.52 bits per heavy atom. The molecule has 10 heteroatoms. The molecular weight excluding hydrogens is 327 g/mol. The Hall–Kier alpha value is -1.90. The third kappa shape index (κ3) is 4.55. The lowest BCUT2D eigenvalue weighted by Gasteiger charge is -2.08. The zero-order chi connectivity index (χ0) is 16.2. The minimum atomic E-state index is -1.60. The van der Waals surface area contributed by atoms with Gasteiger partial charge in [0.05, 0.1) is 9.95 Å². The van der Waals surface area contributed by atoms with E-state index in [2.05, 4.69) is 5.32 Å². The van der Waals surface area contributed by atoms with Gasteiger partial charge in [0.25, 0.3) is 11.6 Å². The van der Waals surface area contributed by atoms with Crippen molar-refractivity contribution >= 4 is 40.8 Å². The van der Waals surface area contributed by atoms with Crippen LogP contribution in [-0.4, -0.2) is 39.7 Å². The molecule has 0 aliphatic rings. The summed E-state index contributed by atoms with van der Waals surface area (Å²) < 4.78 is 0. The number of benzene rings is 1. The largest absolute Gasteiger partial charge is 0.479 e. The molecule has 0 aliphatic heterocycles. The number of nitro groups is 1. The van der Waals surface area contributed by atoms with Crippen LogP contribution in [0.4, 0.5) is 5.69 Å². The van der Waals surface area contributed by atoms with Crippen LogP contribution in [0, 0.1) is 10.1 Å². The van der Waals surface area contributed by atoms with Gasteiger partial charge in [0.2, 0.25) is 0 Å². The van der Waals surface area contributed by atoms with Crippen molar-refractivity contribution in [3.63, 3.8) is 0 Å². The number of rotatable bonds is 6. The van der Waals surface area contributed by atoms with Crippen LogP contribution in [0.5, 0.6) is 0 Å². The Kier molecular flexibility index (Phi) is 5.89. The number of aliphatic carboxylic acids is 1. The van der Waals surface area contributed by atoms with Gasteiger partial charge in [-0.2, -0.15) is 0 Å². The molecule has 21 heavy (non-hydrogen) atoms. The number of hydrogen-bond donors (Lipinski definition) is 3. The number of halogens is 2. The highest BCUT2D eigenvalue weighted by atomic mass is 35.5. The Morgan fingerprint density at radius 2 is 2.00 bits per heavy atom. The molecule has 0 bridgehead atoms. The third-order valence-electron chi connectivity index (χ3n) is 2.46. The van der Waals surface area contributed by atoms with Crippen molar-refractivity contribution in [2.45, 2.75) is 12.5 Å². The number of aliphatic hydroxyl groups is 1. The first-order valence-electron chi connectivity index (χ1n) is 5.56. The van der Waals surface area contributed by atoms with E-state index >= 15 is 0 Å². The molecule has 1 rings (SSSR count). The summed E-state index contributed by atoms with van der Waals surface area (Å²) in [5.74, 6) is -2.11. The van der Waals surface area contributed by atoms with Gasteiger partial charge in [-0.3, -0.25) is 14.9 Å². The summed E-state index contributed by atoms with van der Waals surface area (Å²) in [6.07, 6.45) is -1.81. The number of amides is 1. The highest BCUT2D eigenvalue weighted by Gasteiger charge is 2.20. The van der Waals surface area contributed by atoms with Crippen LogP contribution in [0.3, 0.4) is 0 Å². The van der Waals surface area contributed by atoms with Crippen molar-refractivity contribution in [1.29, 1.82) is 0 Å². The summed E-state index contributed by atoms with van der Waals surface area (Å²) in [6, 6.07) is 2.11. The number of carbonyl (C=O) groups excluding carboxylic acids is 1. The molecule has 1 atom stereocenters. The molecule has 0 aliphatic carbocycles. The molecule has 0 fully saturated rings. The zero-order valence-electron chi connectivity index (χ0n) is 10.4. The Balaban J connectivity index is 2.79. The monoisotopic (exact) mass is 336 g/mol. The predicted molar refractivity (Wildman–Crippen MR) is 73.7 cm³/mol. The van der Waals surface area contributed by atoms with E-state index < -0.39 is 28.6 Å². The van der Waals surface area contributed by atoms with E-state index in [1.54, 1.807) is 0 Å². The predicted octanol–water partition coefficient (Wildman–Crippen LogP) is 1.47. The average molecular weight is 337 g/mol. The van der Waals surface area contributed by atoms with Crippen molar-refractivity contribution < 1.29 is 24.7 Å². The molecule has 1 amide bonds. The normalized spacial score (nSPS) is 11.8. The molecule has 0 saturated carbocycles. The van der Waals surface area contributed by atoms with Crippen LogP contribution in [0.2, 0.25) is 10.0 Å². The molecule has 0 heterocycles. The molecule has 0 saturated heterocycles. The SMILES string of the molecule is O=C(NCCC(O)C(=O)O)c1cc(Cl)c(Cl)c([N+](=O)[O-])c1. The fraction of sp³-hybridized carbons (Fsp3) is 0.273. The van der Waals surface area contributed by atoms with E-state index in [-0.39, 0.29) is 28.6 Å². The van der Waals surface area contributed by atoms with E-state index in [0.717, 1.165) is 12.1 Å². The molecule has 3 N–H and O–H groups in total. The van der Waals surface area contributed by atoms with Gasteiger partial charge in [0.1, 0.15) is 5.02 Å². The lowest BCUT2D eigenvalue weighted by atomic mass is 10.2. The van der Waals surface area contributed by atoms with Gasteiger partial charge >= 0.3 is 5.97 Å². The van der Waals surface area contributed by atoms with Gasteiger partial charge in [-0.05, 0) is 6.07 Å². The van der Waals surface area contributed by atoms with Crippen molar-refractivity contribution in [3.05, 3.63) is 37.9 Å². The lowest BCUT2D eigenvalue weighted by molar-refractivity contribution is -0.384. The quantitative estimate of drug-likeness (QED) is 0.532. The van der Waals surface area contributed by atoms with Crippen LogP contribution in [0.1, 0.15) is 16.8 Å². The number of carboxylic acids is 1. The van der Waals surface area contributed by atoms with Gasteiger partial charge in [0.15, 0.2) is 6.10 Å². The van der Waals surface area contributed by atoms with Crippen LogP contribution >= 0.6 is 23.2 Å². The van der Waals surface area contributed by atoms with E-state index in [9.17, 15) is 19.7 Å². The Morgan fingerprint density at radius 1 is 1.38 bits per heavy atom. The maximum absolute atomic E-state index is 11.8. The lowest BCUT2D eigenvalue weighted by Crippen LogP contribution is -2.30. The summed E-state index contributed by atoms with van der Waals surface area (Å²) in [5, 5.41) is 30.1. The maximum atomic E-state index is 11.8. The van der Waals surface area contributed by atoms with Crippen LogP contribution in [0.15, 0.2) is 12.1 Å². The summed E-state index contributed by atoms with van der Waals surface area (Å²) in [4.78, 5) is 32.1. The number of carboxylic acid groups (broad SMARTS) is 1. The number of nitro benzene ring substituents is 1. The van der Waals surface area contributed by atoms with E-state index in [4.69, 9.17) is 33.4 Å². The highest BCUT2D eigenvalue weighted by Crippen LogP contribution is 2.32. The van der Waals surface area contributed by atoms with Crippen LogP contribution < -0.4 is 5.32 Å². The fourth-order valence-corrected chi connectivity index (χ4v) is 1.78. The number of carbonyl (C=O) groups is 2. The second-order valence-electron chi connectivity index (χ2n) is 3.95. The molecule has 0 radical (unpaired) electrons. The molecule has 0 spiro atoms. The number of aliphatic hydroxyl groups excluding tert-OH is 1. The second-order valence-corrected chi connectivity index (χ2v) is 4.73. The van der Waals surface area contributed by atoms with E-state index in [1.807, 2.05) is 0 Å². The third-order valence-corrected chi connectivity index (χ3v) is 3.25. The number of hydrogen-bond acceptors (Lipinski definition) is 5. The molecule has 1 aromatic rings. The van der Waals surface area contributed by atoms with Crippen molar-refractivity contribution in [1.82, 2.24) is 5.32 Å². The van der Waals surface area contributed by atoms with E-state index in [0.29, 0.717) is 0 Å². The van der Waals surface area contributed by atoms with Gasteiger partial charge in [0, 0.05) is 24.6 Å². The summed E-state index contributed by atoms with van der Waals surface area (Å²) in [7, 11) is 0. The first kappa shape index (κ1) is 17.2. The molecule has 8 nitrogen and oxygen atoms in total. The van der Waals surface area contributed by atoms with Crippen LogP contribution in [0.25, 0.3) is 0 Å². The molecular formula is C11H10Cl2N2O6. The standard InChI is InChI=1S/C11H10Cl2N2O6/c12-6-3-5(4-7(9(6)13)15(20)21)10(17)14-2-1-8(16)11(18)19/h3-4,8,16H,1-2H2,(H,14,17)(H,18,19). The minimum absolute atomic E-state index is 0.0964. The minimum Gasteiger partial charge on any atom is -0.479 e. The first-order chi connectivity index (χ1) is 9.73. The summed E-state index contributed by atoms with van der Waals surface area (Å²) in [5.41, 5.74) is -0.610. The van der Waals surface area contributed by atoms with Gasteiger partial charge in [-0.25, -0.2) is 4.79 Å². The fourth-order valence-electron chi connectivity index (χ4n) is 1.39. The van der Waals surface area contributed by atoms with Gasteiger partial charge < -0.3 is 15.5 Å². The van der Waals surface area contributed by atoms with E-state index in [1.165, 1.54) is 0 Å². The zero-order valence-corrected chi connectivity index (χ0v) is 11.9. The van der Waals surface area contributed by atoms with Crippen molar-refractivity contribution in [3.8, 4) is 0 Å². The number of nitrogens with zero attached hydrogens (tertiary/aromatic N) is 1. The molecule has 0 aromatic heterocycles. The van der Waals surface area contributed by atoms with Gasteiger partial charge in [-0.15, -0.1) is 0 Å². The Bertz CT molecular complexity index is 592. The number of nitrogens with one attached hydrogen (secondary N) is 1. The maximum Gasteiger partial charge on any atom is 0.332 e. The van der Waals surface area contributed by atoms with Crippen molar-refractivity contribution in [2.24, 2.45) is 0 Å². The Labute approximate surface area is 128 Å². The highest BCUT2D eigenvalue weighted by molar-refractivity contribution is 6.43. The molecule has 1 aromatic carbocycles. The summed E-state index contributed by atoms with van der Waals surface area (Å²) in [6.45, 7) is -0.125. The first-order valence-corrected chi connectivity index (χ1v) is 6.32.